The predicted molar refractivity (Wildman–Crippen MR) is 279 cm³/mol. The minimum absolute atomic E-state index is 0.0913. The molecule has 0 aliphatic carbocycles. The molecule has 0 aliphatic rings. The van der Waals surface area contributed by atoms with Crippen molar-refractivity contribution in [3.8, 4) is 0 Å². The van der Waals surface area contributed by atoms with Crippen LogP contribution in [0.2, 0.25) is 0 Å². The summed E-state index contributed by atoms with van der Waals surface area (Å²) in [7, 11) is 0. The van der Waals surface area contributed by atoms with Gasteiger partial charge in [-0.05, 0) is 89.9 Å². The van der Waals surface area contributed by atoms with E-state index in [1.807, 2.05) is 24.3 Å². The number of allylic oxidation sites excluding steroid dienone is 14. The molecule has 0 aromatic heterocycles. The Balaban J connectivity index is 4.44. The van der Waals surface area contributed by atoms with Crippen LogP contribution in [0.4, 0.5) is 0 Å². The fourth-order valence-electron chi connectivity index (χ4n) is 7.34. The van der Waals surface area contributed by atoms with Crippen molar-refractivity contribution in [3.05, 3.63) is 85.1 Å². The summed E-state index contributed by atoms with van der Waals surface area (Å²) in [6.07, 6.45) is 68.4. The molecule has 65 heavy (non-hydrogen) atoms. The van der Waals surface area contributed by atoms with E-state index >= 15 is 0 Å². The molecule has 0 bridgehead atoms. The van der Waals surface area contributed by atoms with E-state index in [4.69, 9.17) is 14.2 Å². The number of hydrogen-bond acceptors (Lipinski definition) is 6. The van der Waals surface area contributed by atoms with Crippen molar-refractivity contribution in [2.75, 3.05) is 13.2 Å². The summed E-state index contributed by atoms with van der Waals surface area (Å²) >= 11 is 0. The third-order valence-electron chi connectivity index (χ3n) is 11.5. The van der Waals surface area contributed by atoms with Gasteiger partial charge >= 0.3 is 17.9 Å². The maximum Gasteiger partial charge on any atom is 0.306 e. The van der Waals surface area contributed by atoms with E-state index in [1.165, 1.54) is 122 Å². The number of unbranched alkanes of at least 4 members (excludes halogenated alkanes) is 27. The molecule has 372 valence electrons. The van der Waals surface area contributed by atoms with Crippen molar-refractivity contribution < 1.29 is 28.6 Å². The highest BCUT2D eigenvalue weighted by Gasteiger charge is 2.19. The Labute approximate surface area is 401 Å². The summed E-state index contributed by atoms with van der Waals surface area (Å²) < 4.78 is 16.8. The molecule has 0 rings (SSSR count). The van der Waals surface area contributed by atoms with Crippen LogP contribution in [0.3, 0.4) is 0 Å². The maximum absolute atomic E-state index is 12.8. The van der Waals surface area contributed by atoms with E-state index in [2.05, 4.69) is 81.5 Å². The van der Waals surface area contributed by atoms with E-state index in [9.17, 15) is 14.4 Å². The Hall–Kier alpha value is -3.41. The standard InChI is InChI=1S/C59H100O6/c1-4-7-10-13-16-19-22-25-27-29-31-32-34-37-40-43-46-49-52-58(61)64-55-56(54-63-57(60)51-48-45-42-39-36-24-21-18-15-12-9-6-3)65-59(62)53-50-47-44-41-38-35-33-30-28-26-23-20-17-14-11-8-5-2/h10,13,16,18-19,21-22,25-29,31-32,56H,4-9,11-12,14-15,17,20,23-24,30,33-55H2,1-3H3/b13-10-,19-16-,21-18-,25-22-,28-26-,29-27-,32-31-. The van der Waals surface area contributed by atoms with Crippen LogP contribution in [0.5, 0.6) is 0 Å². The molecule has 0 spiro atoms. The van der Waals surface area contributed by atoms with Crippen LogP contribution >= 0.6 is 0 Å². The normalized spacial score (nSPS) is 12.7. The van der Waals surface area contributed by atoms with Crippen molar-refractivity contribution in [2.45, 2.75) is 258 Å². The maximum atomic E-state index is 12.8. The van der Waals surface area contributed by atoms with Crippen molar-refractivity contribution in [2.24, 2.45) is 0 Å². The SMILES string of the molecule is CCC\C=C/C=C\C=C/C=C\C=C/CCCCCCCC(=O)OCC(COC(=O)CCCCCCC/C=C\CCCCC)OC(=O)CCCCCCCCC/C=C\CCCCCCCC. The molecule has 0 saturated carbocycles. The van der Waals surface area contributed by atoms with Crippen LogP contribution in [0, 0.1) is 0 Å². The summed E-state index contributed by atoms with van der Waals surface area (Å²) in [5.41, 5.74) is 0. The van der Waals surface area contributed by atoms with Crippen LogP contribution in [0.1, 0.15) is 252 Å². The zero-order valence-corrected chi connectivity index (χ0v) is 42.5. The average Bonchev–Trinajstić information content (AvgIpc) is 3.30. The van der Waals surface area contributed by atoms with Gasteiger partial charge in [0.1, 0.15) is 13.2 Å². The van der Waals surface area contributed by atoms with Gasteiger partial charge in [-0.2, -0.15) is 0 Å². The van der Waals surface area contributed by atoms with E-state index in [0.29, 0.717) is 19.3 Å². The topological polar surface area (TPSA) is 78.9 Å². The van der Waals surface area contributed by atoms with E-state index in [1.54, 1.807) is 0 Å². The van der Waals surface area contributed by atoms with Crippen LogP contribution in [-0.2, 0) is 28.6 Å². The molecule has 6 heteroatoms. The fraction of sp³-hybridized carbons (Fsp3) is 0.712. The lowest BCUT2D eigenvalue weighted by Crippen LogP contribution is -2.30. The molecule has 0 saturated heterocycles. The van der Waals surface area contributed by atoms with Gasteiger partial charge in [-0.15, -0.1) is 0 Å². The monoisotopic (exact) mass is 905 g/mol. The Morgan fingerprint density at radius 1 is 0.308 bits per heavy atom. The lowest BCUT2D eigenvalue weighted by atomic mass is 10.1. The Bertz CT molecular complexity index is 1270. The molecule has 1 unspecified atom stereocenters. The molecule has 0 N–H and O–H groups in total. The molecule has 0 aromatic carbocycles. The fourth-order valence-corrected chi connectivity index (χ4v) is 7.34. The third-order valence-corrected chi connectivity index (χ3v) is 11.5. The molecule has 0 aliphatic heterocycles. The Morgan fingerprint density at radius 2 is 0.600 bits per heavy atom. The Kier molecular flexibility index (Phi) is 50.4. The summed E-state index contributed by atoms with van der Waals surface area (Å²) in [5, 5.41) is 0. The lowest BCUT2D eigenvalue weighted by Gasteiger charge is -2.18. The Morgan fingerprint density at radius 3 is 1.00 bits per heavy atom. The van der Waals surface area contributed by atoms with E-state index < -0.39 is 6.10 Å². The largest absolute Gasteiger partial charge is 0.462 e. The van der Waals surface area contributed by atoms with Crippen molar-refractivity contribution in [1.29, 1.82) is 0 Å². The number of ether oxygens (including phenoxy) is 3. The van der Waals surface area contributed by atoms with Crippen LogP contribution in [-0.4, -0.2) is 37.2 Å². The highest BCUT2D eigenvalue weighted by atomic mass is 16.6. The van der Waals surface area contributed by atoms with E-state index in [0.717, 1.165) is 89.9 Å². The van der Waals surface area contributed by atoms with Gasteiger partial charge < -0.3 is 14.2 Å². The molecular formula is C59H100O6. The van der Waals surface area contributed by atoms with Gasteiger partial charge in [0.05, 0.1) is 0 Å². The van der Waals surface area contributed by atoms with Gasteiger partial charge in [0.15, 0.2) is 6.10 Å². The number of esters is 3. The highest BCUT2D eigenvalue weighted by Crippen LogP contribution is 2.14. The van der Waals surface area contributed by atoms with Gasteiger partial charge in [-0.1, -0.05) is 228 Å². The molecule has 1 atom stereocenters. The molecule has 0 radical (unpaired) electrons. The van der Waals surface area contributed by atoms with Crippen molar-refractivity contribution >= 4 is 17.9 Å². The van der Waals surface area contributed by atoms with Gasteiger partial charge in [0, 0.05) is 19.3 Å². The van der Waals surface area contributed by atoms with Crippen LogP contribution < -0.4 is 0 Å². The molecule has 0 aromatic rings. The molecule has 0 heterocycles. The molecule has 0 fully saturated rings. The zero-order valence-electron chi connectivity index (χ0n) is 42.5. The van der Waals surface area contributed by atoms with Crippen LogP contribution in [0.15, 0.2) is 85.1 Å². The van der Waals surface area contributed by atoms with Gasteiger partial charge in [0.2, 0.25) is 0 Å². The second-order valence-corrected chi connectivity index (χ2v) is 17.9. The smallest absolute Gasteiger partial charge is 0.306 e. The first kappa shape index (κ1) is 61.6. The van der Waals surface area contributed by atoms with Crippen molar-refractivity contribution in [3.63, 3.8) is 0 Å². The minimum atomic E-state index is -0.793. The number of carbonyl (C=O) groups excluding carboxylic acids is 3. The number of hydrogen-bond donors (Lipinski definition) is 0. The summed E-state index contributed by atoms with van der Waals surface area (Å²) in [6.45, 7) is 6.49. The first-order chi connectivity index (χ1) is 32.0. The molecular weight excluding hydrogens is 805 g/mol. The molecule has 6 nitrogen and oxygen atoms in total. The number of rotatable bonds is 48. The second kappa shape index (κ2) is 53.2. The summed E-state index contributed by atoms with van der Waals surface area (Å²) in [4.78, 5) is 38.0. The average molecular weight is 905 g/mol. The second-order valence-electron chi connectivity index (χ2n) is 17.9. The first-order valence-corrected chi connectivity index (χ1v) is 27.2. The van der Waals surface area contributed by atoms with Crippen LogP contribution in [0.25, 0.3) is 0 Å². The first-order valence-electron chi connectivity index (χ1n) is 27.2. The lowest BCUT2D eigenvalue weighted by molar-refractivity contribution is -0.167. The van der Waals surface area contributed by atoms with Crippen molar-refractivity contribution in [1.82, 2.24) is 0 Å². The highest BCUT2D eigenvalue weighted by molar-refractivity contribution is 5.71. The van der Waals surface area contributed by atoms with E-state index in [-0.39, 0.29) is 31.1 Å². The van der Waals surface area contributed by atoms with Gasteiger partial charge in [-0.3, -0.25) is 14.4 Å². The summed E-state index contributed by atoms with van der Waals surface area (Å²) in [6, 6.07) is 0. The third kappa shape index (κ3) is 51.4. The quantitative estimate of drug-likeness (QED) is 0.0199. The zero-order chi connectivity index (χ0) is 47.2. The summed E-state index contributed by atoms with van der Waals surface area (Å²) in [5.74, 6) is -0.928. The number of carbonyl (C=O) groups is 3. The minimum Gasteiger partial charge on any atom is -0.462 e. The van der Waals surface area contributed by atoms with Gasteiger partial charge in [0.25, 0.3) is 0 Å². The predicted octanol–water partition coefficient (Wildman–Crippen LogP) is 18.0. The van der Waals surface area contributed by atoms with Gasteiger partial charge in [-0.25, -0.2) is 0 Å². The molecule has 0 amide bonds.